The lowest BCUT2D eigenvalue weighted by Gasteiger charge is -2.21. The second-order valence-corrected chi connectivity index (χ2v) is 7.24. The molecule has 0 unspecified atom stereocenters. The van der Waals surface area contributed by atoms with E-state index >= 15 is 0 Å². The zero-order chi connectivity index (χ0) is 19.5. The van der Waals surface area contributed by atoms with Crippen molar-refractivity contribution in [3.8, 4) is 11.5 Å². The number of hydrogen-bond acceptors (Lipinski definition) is 3. The van der Waals surface area contributed by atoms with E-state index in [1.807, 2.05) is 24.3 Å². The third-order valence-electron chi connectivity index (χ3n) is 4.56. The monoisotopic (exact) mass is 425 g/mol. The van der Waals surface area contributed by atoms with E-state index < -0.39 is 0 Å². The molecule has 3 nitrogen and oxygen atoms in total. The van der Waals surface area contributed by atoms with Crippen LogP contribution in [0.1, 0.15) is 37.8 Å². The summed E-state index contributed by atoms with van der Waals surface area (Å²) in [6.07, 6.45) is 4.23. The highest BCUT2D eigenvalue weighted by Gasteiger charge is 2.08. The molecule has 0 spiro atoms. The highest BCUT2D eigenvalue weighted by atomic mass is 35.5. The molecule has 0 heterocycles. The van der Waals surface area contributed by atoms with Crippen molar-refractivity contribution in [2.24, 2.45) is 0 Å². The lowest BCUT2D eigenvalue weighted by Crippen LogP contribution is -2.27. The van der Waals surface area contributed by atoms with Crippen LogP contribution in [-0.4, -0.2) is 38.3 Å². The molecule has 0 atom stereocenters. The average Bonchev–Trinajstić information content (AvgIpc) is 2.67. The van der Waals surface area contributed by atoms with Crippen molar-refractivity contribution >= 4 is 24.0 Å². The minimum absolute atomic E-state index is 0. The summed E-state index contributed by atoms with van der Waals surface area (Å²) in [5.74, 6) is 1.60. The summed E-state index contributed by atoms with van der Waals surface area (Å²) in [7, 11) is 1.68. The zero-order valence-corrected chi connectivity index (χ0v) is 18.8. The molecule has 156 valence electrons. The van der Waals surface area contributed by atoms with Gasteiger partial charge in [0.2, 0.25) is 0 Å². The van der Waals surface area contributed by atoms with Crippen LogP contribution in [0.2, 0.25) is 5.02 Å². The van der Waals surface area contributed by atoms with Gasteiger partial charge in [-0.05, 0) is 67.7 Å². The van der Waals surface area contributed by atoms with Gasteiger partial charge in [-0.1, -0.05) is 43.6 Å². The number of halogens is 2. The van der Waals surface area contributed by atoms with Crippen molar-refractivity contribution in [3.63, 3.8) is 0 Å². The predicted octanol–water partition coefficient (Wildman–Crippen LogP) is 6.06. The lowest BCUT2D eigenvalue weighted by molar-refractivity contribution is 0.277. The highest BCUT2D eigenvalue weighted by molar-refractivity contribution is 6.30. The van der Waals surface area contributed by atoms with Crippen molar-refractivity contribution in [1.29, 1.82) is 0 Å². The van der Waals surface area contributed by atoms with Gasteiger partial charge in [0.05, 0.1) is 13.7 Å². The highest BCUT2D eigenvalue weighted by Crippen LogP contribution is 2.28. The Bertz CT molecular complexity index is 688. The summed E-state index contributed by atoms with van der Waals surface area (Å²) in [5.41, 5.74) is 2.46. The Morgan fingerprint density at radius 3 is 2.21 bits per heavy atom. The molecule has 0 fully saturated rings. The molecule has 0 aliphatic carbocycles. The number of methoxy groups -OCH3 is 1. The fraction of sp³-hybridized carbons (Fsp3) is 0.478. The molecule has 2 aromatic carbocycles. The van der Waals surface area contributed by atoms with Crippen LogP contribution in [0, 0.1) is 0 Å². The first kappa shape index (κ1) is 24.6. The molecule has 0 saturated carbocycles. The Labute approximate surface area is 181 Å². The SMILES string of the molecule is CCCN(CCC)CCc1ccc(OC)c(OCCc2cccc(Cl)c2)c1.Cl. The third kappa shape index (κ3) is 8.30. The van der Waals surface area contributed by atoms with Crippen LogP contribution >= 0.6 is 24.0 Å². The van der Waals surface area contributed by atoms with Crippen molar-refractivity contribution in [1.82, 2.24) is 4.90 Å². The maximum atomic E-state index is 6.05. The number of rotatable bonds is 12. The quantitative estimate of drug-likeness (QED) is 0.412. The van der Waals surface area contributed by atoms with Crippen LogP contribution in [0.15, 0.2) is 42.5 Å². The predicted molar refractivity (Wildman–Crippen MR) is 122 cm³/mol. The molecule has 28 heavy (non-hydrogen) atoms. The molecule has 2 rings (SSSR count). The molecule has 0 aliphatic heterocycles. The summed E-state index contributed by atoms with van der Waals surface area (Å²) in [5, 5.41) is 0.760. The number of nitrogens with zero attached hydrogens (tertiary/aromatic N) is 1. The maximum Gasteiger partial charge on any atom is 0.161 e. The Balaban J connectivity index is 0.00000392. The van der Waals surface area contributed by atoms with Crippen LogP contribution in [-0.2, 0) is 12.8 Å². The Morgan fingerprint density at radius 1 is 0.857 bits per heavy atom. The zero-order valence-electron chi connectivity index (χ0n) is 17.2. The van der Waals surface area contributed by atoms with Crippen molar-refractivity contribution in [3.05, 3.63) is 58.6 Å². The molecule has 0 amide bonds. The fourth-order valence-corrected chi connectivity index (χ4v) is 3.43. The summed E-state index contributed by atoms with van der Waals surface area (Å²) < 4.78 is 11.5. The van der Waals surface area contributed by atoms with E-state index in [0.29, 0.717) is 6.61 Å². The number of hydrogen-bond donors (Lipinski definition) is 0. The second kappa shape index (κ2) is 13.7. The van der Waals surface area contributed by atoms with Gasteiger partial charge in [0.1, 0.15) is 0 Å². The molecular formula is C23H33Cl2NO2. The third-order valence-corrected chi connectivity index (χ3v) is 4.80. The normalized spacial score (nSPS) is 10.6. The second-order valence-electron chi connectivity index (χ2n) is 6.81. The van der Waals surface area contributed by atoms with Crippen LogP contribution in [0.4, 0.5) is 0 Å². The molecule has 5 heteroatoms. The van der Waals surface area contributed by atoms with Gasteiger partial charge in [0.25, 0.3) is 0 Å². The fourth-order valence-electron chi connectivity index (χ4n) is 3.22. The van der Waals surface area contributed by atoms with Crippen LogP contribution in [0.25, 0.3) is 0 Å². The van der Waals surface area contributed by atoms with Crippen LogP contribution in [0.5, 0.6) is 11.5 Å². The van der Waals surface area contributed by atoms with Gasteiger partial charge < -0.3 is 14.4 Å². The van der Waals surface area contributed by atoms with E-state index in [-0.39, 0.29) is 12.4 Å². The minimum atomic E-state index is 0. The van der Waals surface area contributed by atoms with Gasteiger partial charge in [-0.25, -0.2) is 0 Å². The summed E-state index contributed by atoms with van der Waals surface area (Å²) in [4.78, 5) is 2.53. The van der Waals surface area contributed by atoms with Gasteiger partial charge in [0, 0.05) is 18.0 Å². The average molecular weight is 426 g/mol. The Hall–Kier alpha value is -1.42. The van der Waals surface area contributed by atoms with E-state index in [1.54, 1.807) is 7.11 Å². The topological polar surface area (TPSA) is 21.7 Å². The summed E-state index contributed by atoms with van der Waals surface area (Å²) in [6, 6.07) is 14.2. The van der Waals surface area contributed by atoms with E-state index in [0.717, 1.165) is 49.0 Å². The summed E-state index contributed by atoms with van der Waals surface area (Å²) >= 11 is 6.05. The smallest absolute Gasteiger partial charge is 0.161 e. The molecule has 2 aromatic rings. The van der Waals surface area contributed by atoms with Crippen LogP contribution < -0.4 is 9.47 Å². The first-order chi connectivity index (χ1) is 13.2. The van der Waals surface area contributed by atoms with Gasteiger partial charge in [-0.3, -0.25) is 0 Å². The van der Waals surface area contributed by atoms with Gasteiger partial charge >= 0.3 is 0 Å². The van der Waals surface area contributed by atoms with Crippen LogP contribution in [0.3, 0.4) is 0 Å². The largest absolute Gasteiger partial charge is 0.493 e. The molecule has 0 aliphatic rings. The first-order valence-corrected chi connectivity index (χ1v) is 10.3. The van der Waals surface area contributed by atoms with Crippen molar-refractivity contribution in [2.45, 2.75) is 39.5 Å². The Kier molecular flexibility index (Phi) is 12.1. The number of ether oxygens (including phenoxy) is 2. The molecule has 0 bridgehead atoms. The van der Waals surface area contributed by atoms with Gasteiger partial charge in [-0.15, -0.1) is 12.4 Å². The molecular weight excluding hydrogens is 393 g/mol. The van der Waals surface area contributed by atoms with Crippen molar-refractivity contribution < 1.29 is 9.47 Å². The lowest BCUT2D eigenvalue weighted by atomic mass is 10.1. The number of benzene rings is 2. The molecule has 0 saturated heterocycles. The molecule has 0 aromatic heterocycles. The van der Waals surface area contributed by atoms with Gasteiger partial charge in [0.15, 0.2) is 11.5 Å². The minimum Gasteiger partial charge on any atom is -0.493 e. The van der Waals surface area contributed by atoms with E-state index in [9.17, 15) is 0 Å². The van der Waals surface area contributed by atoms with Crippen molar-refractivity contribution in [2.75, 3.05) is 33.4 Å². The van der Waals surface area contributed by atoms with E-state index in [4.69, 9.17) is 21.1 Å². The van der Waals surface area contributed by atoms with E-state index in [2.05, 4.69) is 36.9 Å². The molecule has 0 N–H and O–H groups in total. The van der Waals surface area contributed by atoms with E-state index in [1.165, 1.54) is 24.0 Å². The first-order valence-electron chi connectivity index (χ1n) is 9.92. The molecule has 0 radical (unpaired) electrons. The Morgan fingerprint density at radius 2 is 1.57 bits per heavy atom. The summed E-state index contributed by atoms with van der Waals surface area (Å²) in [6.45, 7) is 8.47. The standard InChI is InChI=1S/C23H32ClNO2.ClH/c1-4-13-25(14-5-2)15-11-20-9-10-22(26-3)23(18-20)27-16-12-19-7-6-8-21(24)17-19;/h6-10,17-18H,4-5,11-16H2,1-3H3;1H. The van der Waals surface area contributed by atoms with Gasteiger partial charge in [-0.2, -0.15) is 0 Å². The maximum absolute atomic E-state index is 6.05.